The van der Waals surface area contributed by atoms with Crippen molar-refractivity contribution in [2.24, 2.45) is 23.7 Å². The topological polar surface area (TPSA) is 0 Å². The van der Waals surface area contributed by atoms with E-state index in [2.05, 4.69) is 13.8 Å². The molecule has 2 aliphatic rings. The highest BCUT2D eigenvalue weighted by molar-refractivity contribution is 6.20. The van der Waals surface area contributed by atoms with E-state index in [1.807, 2.05) is 0 Å². The fourth-order valence-electron chi connectivity index (χ4n) is 3.78. The van der Waals surface area contributed by atoms with Crippen LogP contribution in [-0.2, 0) is 0 Å². The van der Waals surface area contributed by atoms with E-state index in [1.54, 1.807) is 0 Å². The summed E-state index contributed by atoms with van der Waals surface area (Å²) in [5.41, 5.74) is 0. The van der Waals surface area contributed by atoms with Crippen molar-refractivity contribution < 1.29 is 8.78 Å². The van der Waals surface area contributed by atoms with Crippen LogP contribution in [0.15, 0.2) is 0 Å². The van der Waals surface area contributed by atoms with Crippen molar-refractivity contribution in [2.45, 2.75) is 70.1 Å². The Morgan fingerprint density at radius 3 is 2.50 bits per heavy atom. The Bertz CT molecular complexity index is 278. The summed E-state index contributed by atoms with van der Waals surface area (Å²) in [4.78, 5) is 0. The number of hydrogen-bond acceptors (Lipinski definition) is 0. The van der Waals surface area contributed by atoms with Crippen LogP contribution >= 0.6 is 11.6 Å². The largest absolute Gasteiger partial charge is 0.248 e. The third-order valence-electron chi connectivity index (χ3n) is 5.01. The highest BCUT2D eigenvalue weighted by Crippen LogP contribution is 2.45. The average Bonchev–Trinajstić information content (AvgIpc) is 2.61. The van der Waals surface area contributed by atoms with Gasteiger partial charge in [0.05, 0.1) is 0 Å². The summed E-state index contributed by atoms with van der Waals surface area (Å²) in [5.74, 6) is -0.295. The van der Waals surface area contributed by atoms with Crippen molar-refractivity contribution in [2.75, 3.05) is 0 Å². The van der Waals surface area contributed by atoms with Crippen LogP contribution in [0, 0.1) is 23.7 Å². The second-order valence-electron chi connectivity index (χ2n) is 6.79. The van der Waals surface area contributed by atoms with Gasteiger partial charge in [0.1, 0.15) is 0 Å². The molecule has 4 unspecified atom stereocenters. The highest BCUT2D eigenvalue weighted by atomic mass is 35.5. The van der Waals surface area contributed by atoms with Gasteiger partial charge in [-0.15, -0.1) is 11.6 Å². The molecule has 3 heteroatoms. The molecule has 0 heterocycles. The lowest BCUT2D eigenvalue weighted by Gasteiger charge is -2.36. The van der Waals surface area contributed by atoms with Crippen LogP contribution < -0.4 is 0 Å². The van der Waals surface area contributed by atoms with Gasteiger partial charge in [-0.25, -0.2) is 8.78 Å². The molecule has 18 heavy (non-hydrogen) atoms. The fourth-order valence-corrected chi connectivity index (χ4v) is 4.12. The first-order valence-corrected chi connectivity index (χ1v) is 7.83. The average molecular weight is 279 g/mol. The van der Waals surface area contributed by atoms with E-state index >= 15 is 0 Å². The van der Waals surface area contributed by atoms with E-state index in [0.717, 1.165) is 25.2 Å². The summed E-state index contributed by atoms with van der Waals surface area (Å²) in [6, 6.07) is 0. The summed E-state index contributed by atoms with van der Waals surface area (Å²) in [7, 11) is 0. The molecule has 2 saturated carbocycles. The molecule has 2 fully saturated rings. The number of halogens is 3. The SMILES string of the molecule is CC(C)C1CCC(Cl)C(CC2CCC(F)(F)C2)C1. The second-order valence-corrected chi connectivity index (χ2v) is 7.35. The van der Waals surface area contributed by atoms with Gasteiger partial charge in [0, 0.05) is 18.2 Å². The molecule has 0 aromatic rings. The van der Waals surface area contributed by atoms with Gasteiger partial charge in [-0.1, -0.05) is 13.8 Å². The maximum Gasteiger partial charge on any atom is 0.248 e. The molecule has 4 atom stereocenters. The lowest BCUT2D eigenvalue weighted by atomic mass is 9.73. The molecule has 0 spiro atoms. The molecular weight excluding hydrogens is 254 g/mol. The van der Waals surface area contributed by atoms with Gasteiger partial charge >= 0.3 is 0 Å². The lowest BCUT2D eigenvalue weighted by molar-refractivity contribution is 0.00354. The van der Waals surface area contributed by atoms with Crippen LogP contribution in [-0.4, -0.2) is 11.3 Å². The second kappa shape index (κ2) is 5.64. The number of hydrogen-bond donors (Lipinski definition) is 0. The van der Waals surface area contributed by atoms with Crippen molar-refractivity contribution >= 4 is 11.6 Å². The maximum absolute atomic E-state index is 13.2. The van der Waals surface area contributed by atoms with E-state index < -0.39 is 5.92 Å². The van der Waals surface area contributed by atoms with Crippen LogP contribution in [0.4, 0.5) is 8.78 Å². The quantitative estimate of drug-likeness (QED) is 0.599. The molecule has 0 radical (unpaired) electrons. The van der Waals surface area contributed by atoms with Crippen molar-refractivity contribution in [3.8, 4) is 0 Å². The Kier molecular flexibility index (Phi) is 4.57. The van der Waals surface area contributed by atoms with Crippen molar-refractivity contribution in [3.63, 3.8) is 0 Å². The summed E-state index contributed by atoms with van der Waals surface area (Å²) < 4.78 is 26.4. The van der Waals surface area contributed by atoms with Crippen LogP contribution in [0.5, 0.6) is 0 Å². The van der Waals surface area contributed by atoms with Gasteiger partial charge in [-0.3, -0.25) is 0 Å². The Labute approximate surface area is 114 Å². The van der Waals surface area contributed by atoms with Crippen molar-refractivity contribution in [3.05, 3.63) is 0 Å². The minimum absolute atomic E-state index is 0.0882. The van der Waals surface area contributed by atoms with E-state index in [1.165, 1.54) is 6.42 Å². The molecule has 0 aromatic heterocycles. The first-order chi connectivity index (χ1) is 8.37. The summed E-state index contributed by atoms with van der Waals surface area (Å²) in [5, 5.41) is 0.217. The molecule has 0 N–H and O–H groups in total. The van der Waals surface area contributed by atoms with E-state index in [-0.39, 0.29) is 24.1 Å². The van der Waals surface area contributed by atoms with Crippen LogP contribution in [0.1, 0.15) is 58.8 Å². The third-order valence-corrected chi connectivity index (χ3v) is 5.59. The number of alkyl halides is 3. The first kappa shape index (κ1) is 14.6. The van der Waals surface area contributed by atoms with E-state index in [9.17, 15) is 8.78 Å². The Morgan fingerprint density at radius 1 is 1.22 bits per heavy atom. The molecule has 0 bridgehead atoms. The first-order valence-electron chi connectivity index (χ1n) is 7.39. The van der Waals surface area contributed by atoms with E-state index in [0.29, 0.717) is 18.3 Å². The smallest absolute Gasteiger partial charge is 0.207 e. The predicted octanol–water partition coefficient (Wildman–Crippen LogP) is 5.49. The molecular formula is C15H25ClF2. The minimum atomic E-state index is -2.40. The van der Waals surface area contributed by atoms with Crippen molar-refractivity contribution in [1.29, 1.82) is 0 Å². The minimum Gasteiger partial charge on any atom is -0.207 e. The Balaban J connectivity index is 1.87. The molecule has 0 amide bonds. The van der Waals surface area contributed by atoms with Gasteiger partial charge < -0.3 is 0 Å². The summed E-state index contributed by atoms with van der Waals surface area (Å²) in [6.45, 7) is 4.53. The van der Waals surface area contributed by atoms with Crippen LogP contribution in [0.2, 0.25) is 0 Å². The zero-order valence-electron chi connectivity index (χ0n) is 11.5. The van der Waals surface area contributed by atoms with Gasteiger partial charge in [0.15, 0.2) is 0 Å². The van der Waals surface area contributed by atoms with Crippen molar-refractivity contribution in [1.82, 2.24) is 0 Å². The zero-order chi connectivity index (χ0) is 13.3. The van der Waals surface area contributed by atoms with Gasteiger partial charge in [0.2, 0.25) is 5.92 Å². The standard InChI is InChI=1S/C15H25ClF2/c1-10(2)12-3-4-14(16)13(8-12)7-11-5-6-15(17,18)9-11/h10-14H,3-9H2,1-2H3. The third kappa shape index (κ3) is 3.59. The van der Waals surface area contributed by atoms with Gasteiger partial charge in [0.25, 0.3) is 0 Å². The zero-order valence-corrected chi connectivity index (χ0v) is 12.2. The van der Waals surface area contributed by atoms with Gasteiger partial charge in [-0.2, -0.15) is 0 Å². The lowest BCUT2D eigenvalue weighted by Crippen LogP contribution is -2.29. The Hall–Kier alpha value is 0.150. The fraction of sp³-hybridized carbons (Fsp3) is 1.00. The molecule has 0 aromatic carbocycles. The number of rotatable bonds is 3. The van der Waals surface area contributed by atoms with E-state index in [4.69, 9.17) is 11.6 Å². The monoisotopic (exact) mass is 278 g/mol. The molecule has 106 valence electrons. The molecule has 2 aliphatic carbocycles. The molecule has 0 aliphatic heterocycles. The maximum atomic E-state index is 13.2. The molecule has 2 rings (SSSR count). The van der Waals surface area contributed by atoms with Crippen LogP contribution in [0.3, 0.4) is 0 Å². The summed E-state index contributed by atoms with van der Waals surface area (Å²) in [6.07, 6.45) is 5.23. The normalized spacial score (nSPS) is 40.3. The Morgan fingerprint density at radius 2 is 1.94 bits per heavy atom. The summed E-state index contributed by atoms with van der Waals surface area (Å²) >= 11 is 6.41. The predicted molar refractivity (Wildman–Crippen MR) is 72.2 cm³/mol. The molecule has 0 nitrogen and oxygen atoms in total. The molecule has 0 saturated heterocycles. The highest BCUT2D eigenvalue weighted by Gasteiger charge is 2.41. The van der Waals surface area contributed by atoms with Crippen LogP contribution in [0.25, 0.3) is 0 Å². The van der Waals surface area contributed by atoms with Gasteiger partial charge in [-0.05, 0) is 55.8 Å².